The Balaban J connectivity index is 1.58. The molecule has 214 valence electrons. The third-order valence-electron chi connectivity index (χ3n) is 8.17. The summed E-state index contributed by atoms with van der Waals surface area (Å²) < 4.78 is 2.36. The zero-order valence-corrected chi connectivity index (χ0v) is 25.5. The van der Waals surface area contributed by atoms with Crippen LogP contribution in [0.4, 0.5) is 0 Å². The molecular formula is C41H35N3. The van der Waals surface area contributed by atoms with Gasteiger partial charge in [0.2, 0.25) is 0 Å². The molecule has 0 fully saturated rings. The maximum absolute atomic E-state index is 4.80. The number of aromatic nitrogens is 2. The van der Waals surface area contributed by atoms with Crippen LogP contribution in [0.5, 0.6) is 0 Å². The van der Waals surface area contributed by atoms with Crippen molar-refractivity contribution in [2.24, 2.45) is 4.99 Å². The standard InChI is InChI=1S/C41H35N3/c1-7-13-34-32(9-3)33(28-17-19-29(20-18-28)36(26-42-6)31(8-2)27(4)5)22-24-38(34)44-37-16-11-10-15-35(37)40-39(44)23-21-30-14-12-25-43-41(30)40/h7-26H,2-4H2,1,5-6H3/b13-7-,36-31+,42-26?. The van der Waals surface area contributed by atoms with Crippen molar-refractivity contribution in [2.75, 3.05) is 7.05 Å². The van der Waals surface area contributed by atoms with Gasteiger partial charge in [-0.2, -0.15) is 0 Å². The average molecular weight is 570 g/mol. The molecule has 0 atom stereocenters. The Labute approximate surface area is 259 Å². The monoisotopic (exact) mass is 569 g/mol. The van der Waals surface area contributed by atoms with E-state index in [9.17, 15) is 0 Å². The molecule has 2 aromatic heterocycles. The van der Waals surface area contributed by atoms with Gasteiger partial charge in [-0.25, -0.2) is 0 Å². The molecule has 0 aliphatic heterocycles. The number of aliphatic imine (C=N–C) groups is 1. The molecule has 0 aliphatic rings. The second-order valence-electron chi connectivity index (χ2n) is 10.8. The van der Waals surface area contributed by atoms with Crippen molar-refractivity contribution in [3.63, 3.8) is 0 Å². The fraction of sp³-hybridized carbons (Fsp3) is 0.0732. The molecular weight excluding hydrogens is 534 g/mol. The van der Waals surface area contributed by atoms with Crippen molar-refractivity contribution in [2.45, 2.75) is 13.8 Å². The SMILES string of the molecule is C=C/C(C(=C)C)=C(/C=NC)c1ccc(-c2ccc(-n3c4ccccc4c4c5ncccc5ccc43)c(/C=C\C)c2C=C)cc1. The Morgan fingerprint density at radius 1 is 0.864 bits per heavy atom. The average Bonchev–Trinajstić information content (AvgIpc) is 3.39. The first-order valence-corrected chi connectivity index (χ1v) is 14.8. The fourth-order valence-electron chi connectivity index (χ4n) is 6.26. The number of nitrogens with zero attached hydrogens (tertiary/aromatic N) is 3. The number of allylic oxidation sites excluding steroid dienone is 5. The second kappa shape index (κ2) is 12.0. The summed E-state index contributed by atoms with van der Waals surface area (Å²) in [7, 11) is 1.78. The first-order valence-electron chi connectivity index (χ1n) is 14.8. The van der Waals surface area contributed by atoms with Gasteiger partial charge in [-0.3, -0.25) is 9.98 Å². The lowest BCUT2D eigenvalue weighted by atomic mass is 9.91. The van der Waals surface area contributed by atoms with Gasteiger partial charge in [-0.05, 0) is 65.9 Å². The third kappa shape index (κ3) is 4.73. The molecule has 0 radical (unpaired) electrons. The molecule has 0 aliphatic carbocycles. The van der Waals surface area contributed by atoms with E-state index in [4.69, 9.17) is 4.98 Å². The van der Waals surface area contributed by atoms with Gasteiger partial charge < -0.3 is 4.57 Å². The molecule has 44 heavy (non-hydrogen) atoms. The molecule has 3 heteroatoms. The number of fused-ring (bicyclic) bond motifs is 5. The Hall–Kier alpha value is -5.54. The van der Waals surface area contributed by atoms with Crippen LogP contribution in [0, 0.1) is 0 Å². The first-order chi connectivity index (χ1) is 21.5. The highest BCUT2D eigenvalue weighted by atomic mass is 15.0. The van der Waals surface area contributed by atoms with E-state index in [1.165, 1.54) is 5.39 Å². The summed E-state index contributed by atoms with van der Waals surface area (Å²) in [6.45, 7) is 16.5. The van der Waals surface area contributed by atoms with E-state index >= 15 is 0 Å². The zero-order chi connectivity index (χ0) is 30.8. The summed E-state index contributed by atoms with van der Waals surface area (Å²) in [5.74, 6) is 0. The predicted octanol–water partition coefficient (Wildman–Crippen LogP) is 10.9. The van der Waals surface area contributed by atoms with Crippen molar-refractivity contribution in [3.8, 4) is 16.8 Å². The van der Waals surface area contributed by atoms with Crippen molar-refractivity contribution in [1.29, 1.82) is 0 Å². The molecule has 6 rings (SSSR count). The summed E-state index contributed by atoms with van der Waals surface area (Å²) in [4.78, 5) is 9.10. The quantitative estimate of drug-likeness (QED) is 0.132. The van der Waals surface area contributed by atoms with E-state index in [0.29, 0.717) is 0 Å². The van der Waals surface area contributed by atoms with Crippen molar-refractivity contribution in [1.82, 2.24) is 9.55 Å². The molecule has 2 heterocycles. The van der Waals surface area contributed by atoms with E-state index in [0.717, 1.165) is 77.5 Å². The number of pyridine rings is 1. The third-order valence-corrected chi connectivity index (χ3v) is 8.17. The van der Waals surface area contributed by atoms with Gasteiger partial charge in [0.25, 0.3) is 0 Å². The lowest BCUT2D eigenvalue weighted by Crippen LogP contribution is -2.01. The maximum atomic E-state index is 4.80. The van der Waals surface area contributed by atoms with Crippen molar-refractivity contribution in [3.05, 3.63) is 151 Å². The highest BCUT2D eigenvalue weighted by Crippen LogP contribution is 2.40. The maximum Gasteiger partial charge on any atom is 0.0802 e. The van der Waals surface area contributed by atoms with Gasteiger partial charge in [0.05, 0.1) is 22.2 Å². The van der Waals surface area contributed by atoms with Gasteiger partial charge in [-0.15, -0.1) is 0 Å². The number of rotatable bonds is 8. The molecule has 3 nitrogen and oxygen atoms in total. The number of hydrogen-bond acceptors (Lipinski definition) is 2. The summed E-state index contributed by atoms with van der Waals surface area (Å²) >= 11 is 0. The van der Waals surface area contributed by atoms with E-state index in [-0.39, 0.29) is 0 Å². The zero-order valence-electron chi connectivity index (χ0n) is 25.5. The molecule has 0 saturated heterocycles. The summed E-state index contributed by atoms with van der Waals surface area (Å²) in [6.07, 6.45) is 11.8. The first kappa shape index (κ1) is 28.6. The van der Waals surface area contributed by atoms with Crippen LogP contribution in [0.1, 0.15) is 30.5 Å². The molecule has 0 saturated carbocycles. The molecule has 0 amide bonds. The Morgan fingerprint density at radius 3 is 2.36 bits per heavy atom. The van der Waals surface area contributed by atoms with Crippen LogP contribution in [-0.4, -0.2) is 22.8 Å². The largest absolute Gasteiger partial charge is 0.309 e. The second-order valence-corrected chi connectivity index (χ2v) is 10.8. The van der Waals surface area contributed by atoms with Crippen LogP contribution < -0.4 is 0 Å². The van der Waals surface area contributed by atoms with Gasteiger partial charge in [0.15, 0.2) is 0 Å². The van der Waals surface area contributed by atoms with Crippen LogP contribution in [0.15, 0.2) is 139 Å². The number of benzene rings is 4. The highest BCUT2D eigenvalue weighted by Gasteiger charge is 2.19. The minimum Gasteiger partial charge on any atom is -0.309 e. The number of hydrogen-bond donors (Lipinski definition) is 0. The molecule has 0 unspecified atom stereocenters. The Bertz CT molecular complexity index is 2180. The van der Waals surface area contributed by atoms with Gasteiger partial charge in [0.1, 0.15) is 0 Å². The topological polar surface area (TPSA) is 30.2 Å². The van der Waals surface area contributed by atoms with E-state index in [1.54, 1.807) is 7.05 Å². The minimum atomic E-state index is 0.952. The molecule has 0 bridgehead atoms. The van der Waals surface area contributed by atoms with Gasteiger partial charge in [-0.1, -0.05) is 110 Å². The highest BCUT2D eigenvalue weighted by molar-refractivity contribution is 6.20. The van der Waals surface area contributed by atoms with Crippen molar-refractivity contribution >= 4 is 56.6 Å². The lowest BCUT2D eigenvalue weighted by Gasteiger charge is -2.18. The molecule has 4 aromatic carbocycles. The van der Waals surface area contributed by atoms with Gasteiger partial charge >= 0.3 is 0 Å². The van der Waals surface area contributed by atoms with Crippen LogP contribution in [0.3, 0.4) is 0 Å². The van der Waals surface area contributed by atoms with Crippen molar-refractivity contribution < 1.29 is 0 Å². The summed E-state index contributed by atoms with van der Waals surface area (Å²) in [5, 5.41) is 3.48. The normalized spacial score (nSPS) is 12.4. The van der Waals surface area contributed by atoms with E-state index in [2.05, 4.69) is 127 Å². The minimum absolute atomic E-state index is 0.952. The number of para-hydroxylation sites is 1. The summed E-state index contributed by atoms with van der Waals surface area (Å²) in [6, 6.07) is 30.1. The smallest absolute Gasteiger partial charge is 0.0802 e. The molecule has 6 aromatic rings. The fourth-order valence-corrected chi connectivity index (χ4v) is 6.26. The Morgan fingerprint density at radius 2 is 1.66 bits per heavy atom. The van der Waals surface area contributed by atoms with Crippen LogP contribution in [0.2, 0.25) is 0 Å². The van der Waals surface area contributed by atoms with Crippen LogP contribution in [0.25, 0.3) is 67.2 Å². The van der Waals surface area contributed by atoms with Crippen LogP contribution >= 0.6 is 0 Å². The Kier molecular flexibility index (Phi) is 7.78. The molecule has 0 N–H and O–H groups in total. The van der Waals surface area contributed by atoms with Gasteiger partial charge in [0, 0.05) is 46.8 Å². The van der Waals surface area contributed by atoms with Crippen LogP contribution in [-0.2, 0) is 0 Å². The lowest BCUT2D eigenvalue weighted by molar-refractivity contribution is 1.17. The van der Waals surface area contributed by atoms with E-state index in [1.807, 2.05) is 37.6 Å². The predicted molar refractivity (Wildman–Crippen MR) is 193 cm³/mol. The van der Waals surface area contributed by atoms with E-state index < -0.39 is 0 Å². The molecule has 0 spiro atoms. The summed E-state index contributed by atoms with van der Waals surface area (Å²) in [5.41, 5.74) is 12.8.